The van der Waals surface area contributed by atoms with E-state index in [9.17, 15) is 15.3 Å². The number of aliphatic hydroxyl groups is 3. The van der Waals surface area contributed by atoms with Crippen LogP contribution in [0.5, 0.6) is 0 Å². The molecule has 0 amide bonds. The number of thiophene rings is 1. The minimum atomic E-state index is -0.474. The van der Waals surface area contributed by atoms with Gasteiger partial charge in [-0.2, -0.15) is 0 Å². The van der Waals surface area contributed by atoms with Crippen LogP contribution >= 0.6 is 11.3 Å². The Balaban J connectivity index is 1.61. The second-order valence-corrected chi connectivity index (χ2v) is 9.70. The standard InChI is InChI=1S/C23H37NO4S/c1-22(2,10-4-3-5-12-28-13-9-20-7-6-14-29-20)24-17-23(18-26)11-8-21(27)19(15-23)16-25/h6-8,11,14,24-27H,3-5,9-10,12-13,15-18H2,1-2H3. The molecular weight excluding hydrogens is 386 g/mol. The monoisotopic (exact) mass is 423 g/mol. The summed E-state index contributed by atoms with van der Waals surface area (Å²) in [6.45, 7) is 6.38. The zero-order chi connectivity index (χ0) is 21.2. The van der Waals surface area contributed by atoms with Gasteiger partial charge in [0.05, 0.1) is 19.8 Å². The van der Waals surface area contributed by atoms with Crippen LogP contribution < -0.4 is 5.32 Å². The largest absolute Gasteiger partial charge is 0.508 e. The third kappa shape index (κ3) is 8.22. The molecule has 4 N–H and O–H groups in total. The number of unbranched alkanes of at least 4 members (excludes halogenated alkanes) is 2. The smallest absolute Gasteiger partial charge is 0.116 e. The summed E-state index contributed by atoms with van der Waals surface area (Å²) in [5.74, 6) is 0.119. The van der Waals surface area contributed by atoms with Crippen molar-refractivity contribution in [1.29, 1.82) is 0 Å². The number of ether oxygens (including phenoxy) is 1. The number of nitrogens with one attached hydrogen (secondary N) is 1. The summed E-state index contributed by atoms with van der Waals surface area (Å²) in [5.41, 5.74) is 0.0663. The topological polar surface area (TPSA) is 82.0 Å². The second-order valence-electron chi connectivity index (χ2n) is 8.67. The zero-order valence-electron chi connectivity index (χ0n) is 17.8. The minimum absolute atomic E-state index is 0.0217. The molecule has 0 spiro atoms. The molecule has 1 heterocycles. The summed E-state index contributed by atoms with van der Waals surface area (Å²) in [6.07, 6.45) is 9.31. The van der Waals surface area contributed by atoms with Crippen LogP contribution in [0.2, 0.25) is 0 Å². The fourth-order valence-corrected chi connectivity index (χ4v) is 4.24. The molecular formula is C23H37NO4S. The van der Waals surface area contributed by atoms with Crippen molar-refractivity contribution in [3.05, 3.63) is 45.9 Å². The van der Waals surface area contributed by atoms with Crippen molar-refractivity contribution in [2.45, 2.75) is 57.9 Å². The van der Waals surface area contributed by atoms with Gasteiger partial charge in [-0.05, 0) is 56.2 Å². The van der Waals surface area contributed by atoms with Crippen molar-refractivity contribution in [3.63, 3.8) is 0 Å². The van der Waals surface area contributed by atoms with E-state index in [2.05, 4.69) is 36.7 Å². The van der Waals surface area contributed by atoms with Crippen LogP contribution in [0.4, 0.5) is 0 Å². The molecule has 5 nitrogen and oxygen atoms in total. The molecule has 0 radical (unpaired) electrons. The Labute approximate surface area is 179 Å². The molecule has 1 atom stereocenters. The van der Waals surface area contributed by atoms with Gasteiger partial charge >= 0.3 is 0 Å². The first-order chi connectivity index (χ1) is 13.9. The van der Waals surface area contributed by atoms with Gasteiger partial charge in [0.25, 0.3) is 0 Å². The highest BCUT2D eigenvalue weighted by Gasteiger charge is 2.33. The predicted octanol–water partition coefficient (Wildman–Crippen LogP) is 3.98. The lowest BCUT2D eigenvalue weighted by molar-refractivity contribution is 0.131. The van der Waals surface area contributed by atoms with Crippen molar-refractivity contribution in [3.8, 4) is 0 Å². The molecule has 1 aromatic heterocycles. The molecule has 1 aromatic rings. The van der Waals surface area contributed by atoms with Crippen LogP contribution in [0.1, 0.15) is 50.8 Å². The maximum atomic E-state index is 9.92. The molecule has 0 bridgehead atoms. The number of hydrogen-bond donors (Lipinski definition) is 4. The summed E-state index contributed by atoms with van der Waals surface area (Å²) in [6, 6.07) is 4.23. The summed E-state index contributed by atoms with van der Waals surface area (Å²) in [5, 5.41) is 34.8. The first-order valence-electron chi connectivity index (χ1n) is 10.6. The first-order valence-corrected chi connectivity index (χ1v) is 11.4. The fraction of sp³-hybridized carbons (Fsp3) is 0.652. The van der Waals surface area contributed by atoms with E-state index >= 15 is 0 Å². The van der Waals surface area contributed by atoms with Crippen LogP contribution in [0, 0.1) is 5.41 Å². The number of hydrogen-bond acceptors (Lipinski definition) is 6. The number of allylic oxidation sites excluding steroid dienone is 1. The summed E-state index contributed by atoms with van der Waals surface area (Å²) < 4.78 is 5.73. The Morgan fingerprint density at radius 2 is 2.03 bits per heavy atom. The molecule has 0 saturated heterocycles. The molecule has 2 rings (SSSR count). The molecule has 1 aliphatic carbocycles. The lowest BCUT2D eigenvalue weighted by atomic mass is 9.77. The summed E-state index contributed by atoms with van der Waals surface area (Å²) in [7, 11) is 0. The predicted molar refractivity (Wildman–Crippen MR) is 119 cm³/mol. The van der Waals surface area contributed by atoms with Gasteiger partial charge in [-0.25, -0.2) is 0 Å². The Morgan fingerprint density at radius 3 is 2.72 bits per heavy atom. The number of rotatable bonds is 14. The lowest BCUT2D eigenvalue weighted by Gasteiger charge is -2.37. The van der Waals surface area contributed by atoms with E-state index in [0.29, 0.717) is 18.5 Å². The van der Waals surface area contributed by atoms with Gasteiger partial charge in [0.1, 0.15) is 5.76 Å². The molecule has 164 valence electrons. The fourth-order valence-electron chi connectivity index (χ4n) is 3.55. The van der Waals surface area contributed by atoms with Crippen LogP contribution in [0.25, 0.3) is 0 Å². The molecule has 6 heteroatoms. The highest BCUT2D eigenvalue weighted by Crippen LogP contribution is 2.33. The van der Waals surface area contributed by atoms with Crippen molar-refractivity contribution < 1.29 is 20.1 Å². The van der Waals surface area contributed by atoms with Crippen molar-refractivity contribution in [1.82, 2.24) is 5.32 Å². The van der Waals surface area contributed by atoms with Gasteiger partial charge in [-0.3, -0.25) is 0 Å². The van der Waals surface area contributed by atoms with E-state index in [0.717, 1.165) is 45.3 Å². The third-order valence-electron chi connectivity index (χ3n) is 5.61. The summed E-state index contributed by atoms with van der Waals surface area (Å²) in [4.78, 5) is 1.38. The van der Waals surface area contributed by atoms with Crippen molar-refractivity contribution in [2.75, 3.05) is 33.0 Å². The van der Waals surface area contributed by atoms with E-state index in [1.807, 2.05) is 6.08 Å². The highest BCUT2D eigenvalue weighted by molar-refractivity contribution is 7.09. The van der Waals surface area contributed by atoms with Crippen LogP contribution in [0.3, 0.4) is 0 Å². The second kappa shape index (κ2) is 11.9. The molecule has 0 aliphatic heterocycles. The Morgan fingerprint density at radius 1 is 1.21 bits per heavy atom. The quantitative estimate of drug-likeness (QED) is 0.340. The van der Waals surface area contributed by atoms with Crippen molar-refractivity contribution in [2.24, 2.45) is 5.41 Å². The van der Waals surface area contributed by atoms with Crippen molar-refractivity contribution >= 4 is 11.3 Å². The zero-order valence-corrected chi connectivity index (χ0v) is 18.6. The average molecular weight is 424 g/mol. The average Bonchev–Trinajstić information content (AvgIpc) is 3.23. The summed E-state index contributed by atoms with van der Waals surface area (Å²) >= 11 is 1.78. The van der Waals surface area contributed by atoms with E-state index in [-0.39, 0.29) is 24.5 Å². The minimum Gasteiger partial charge on any atom is -0.508 e. The maximum Gasteiger partial charge on any atom is 0.116 e. The lowest BCUT2D eigenvalue weighted by Crippen LogP contribution is -2.47. The van der Waals surface area contributed by atoms with Gasteiger partial charge in [0.15, 0.2) is 0 Å². The molecule has 29 heavy (non-hydrogen) atoms. The van der Waals surface area contributed by atoms with Crippen LogP contribution in [-0.4, -0.2) is 53.8 Å². The van der Waals surface area contributed by atoms with Crippen LogP contribution in [0.15, 0.2) is 41.0 Å². The number of aliphatic hydroxyl groups excluding tert-OH is 3. The molecule has 0 fully saturated rings. The Bertz CT molecular complexity index is 654. The molecule has 1 aliphatic rings. The highest BCUT2D eigenvalue weighted by atomic mass is 32.1. The maximum absolute atomic E-state index is 9.92. The molecule has 1 unspecified atom stereocenters. The van der Waals surface area contributed by atoms with E-state index in [1.54, 1.807) is 17.4 Å². The van der Waals surface area contributed by atoms with Crippen LogP contribution in [-0.2, 0) is 11.2 Å². The SMILES string of the molecule is CC(C)(CCCCCOCCc1cccs1)NCC1(CO)C=CC(O)=C(CO)C1. The first kappa shape index (κ1) is 24.1. The van der Waals surface area contributed by atoms with E-state index < -0.39 is 5.41 Å². The third-order valence-corrected chi connectivity index (χ3v) is 6.55. The van der Waals surface area contributed by atoms with Gasteiger partial charge in [-0.15, -0.1) is 11.3 Å². The van der Waals surface area contributed by atoms with E-state index in [4.69, 9.17) is 4.74 Å². The Kier molecular flexibility index (Phi) is 9.86. The van der Waals surface area contributed by atoms with E-state index in [1.165, 1.54) is 4.88 Å². The van der Waals surface area contributed by atoms with Gasteiger partial charge in [-0.1, -0.05) is 25.0 Å². The van der Waals surface area contributed by atoms with Gasteiger partial charge in [0, 0.05) is 35.4 Å². The Hall–Kier alpha value is -1.18. The normalized spacial score (nSPS) is 19.9. The van der Waals surface area contributed by atoms with Gasteiger partial charge in [0.2, 0.25) is 0 Å². The van der Waals surface area contributed by atoms with Gasteiger partial charge < -0.3 is 25.4 Å². The molecule has 0 saturated carbocycles. The molecule has 0 aromatic carbocycles.